The highest BCUT2D eigenvalue weighted by atomic mass is 35.5. The van der Waals surface area contributed by atoms with E-state index in [1.807, 2.05) is 46.9 Å². The molecule has 92 valence electrons. The first kappa shape index (κ1) is 11.9. The van der Waals surface area contributed by atoms with Crippen molar-refractivity contribution in [2.24, 2.45) is 0 Å². The van der Waals surface area contributed by atoms with Gasteiger partial charge in [0.05, 0.1) is 21.3 Å². The Morgan fingerprint density at radius 1 is 1.06 bits per heavy atom. The van der Waals surface area contributed by atoms with Gasteiger partial charge in [-0.25, -0.2) is 0 Å². The molecule has 0 radical (unpaired) electrons. The number of nitrogens with one attached hydrogen (secondary N) is 2. The van der Waals surface area contributed by atoms with Gasteiger partial charge in [-0.3, -0.25) is 5.01 Å². The summed E-state index contributed by atoms with van der Waals surface area (Å²) in [7, 11) is 0. The molecule has 6 heteroatoms. The molecule has 0 unspecified atom stereocenters. The predicted molar refractivity (Wildman–Crippen MR) is 77.5 cm³/mol. The van der Waals surface area contributed by atoms with Gasteiger partial charge in [0.25, 0.3) is 0 Å². The van der Waals surface area contributed by atoms with Gasteiger partial charge in [-0.05, 0) is 35.7 Å². The number of halogens is 2. The molecule has 1 aromatic heterocycles. The highest BCUT2D eigenvalue weighted by Crippen LogP contribution is 2.30. The molecule has 2 N–H and O–H groups in total. The Morgan fingerprint density at radius 3 is 2.50 bits per heavy atom. The van der Waals surface area contributed by atoms with Crippen molar-refractivity contribution >= 4 is 45.9 Å². The Hall–Kier alpha value is -1.20. The maximum atomic E-state index is 6.10. The lowest BCUT2D eigenvalue weighted by Crippen LogP contribution is -2.36. The molecule has 0 fully saturated rings. The van der Waals surface area contributed by atoms with Crippen LogP contribution in [0.5, 0.6) is 0 Å². The van der Waals surface area contributed by atoms with Gasteiger partial charge in [0.15, 0.2) is 0 Å². The number of anilines is 1. The zero-order chi connectivity index (χ0) is 12.5. The van der Waals surface area contributed by atoms with Gasteiger partial charge in [-0.15, -0.1) is 16.9 Å². The molecule has 0 bridgehead atoms. The Labute approximate surface area is 119 Å². The van der Waals surface area contributed by atoms with Crippen LogP contribution in [-0.2, 0) is 0 Å². The van der Waals surface area contributed by atoms with Crippen LogP contribution in [0.2, 0.25) is 10.0 Å². The van der Waals surface area contributed by atoms with Crippen molar-refractivity contribution in [3.8, 4) is 0 Å². The normalized spacial score (nSPS) is 14.6. The summed E-state index contributed by atoms with van der Waals surface area (Å²) in [6.45, 7) is 0. The van der Waals surface area contributed by atoms with Gasteiger partial charge >= 0.3 is 0 Å². The SMILES string of the molecule is Clc1ccc(N2C=C(c3sccc3Cl)NN2)cc1. The fourth-order valence-electron chi connectivity index (χ4n) is 1.66. The third-order valence-corrected chi connectivity index (χ3v) is 4.16. The van der Waals surface area contributed by atoms with E-state index in [-0.39, 0.29) is 0 Å². The third kappa shape index (κ3) is 2.20. The maximum absolute atomic E-state index is 6.10. The number of nitrogens with zero attached hydrogens (tertiary/aromatic N) is 1. The lowest BCUT2D eigenvalue weighted by Gasteiger charge is -2.14. The molecule has 0 atom stereocenters. The van der Waals surface area contributed by atoms with Crippen LogP contribution < -0.4 is 16.0 Å². The van der Waals surface area contributed by atoms with Crippen LogP contribution in [0.3, 0.4) is 0 Å². The number of hydrogen-bond acceptors (Lipinski definition) is 4. The van der Waals surface area contributed by atoms with Crippen LogP contribution in [0.25, 0.3) is 5.70 Å². The highest BCUT2D eigenvalue weighted by Gasteiger charge is 2.17. The Balaban J connectivity index is 1.88. The third-order valence-electron chi connectivity index (χ3n) is 2.54. The summed E-state index contributed by atoms with van der Waals surface area (Å²) in [6.07, 6.45) is 1.96. The summed E-state index contributed by atoms with van der Waals surface area (Å²) in [5, 5.41) is 5.31. The first-order chi connectivity index (χ1) is 8.74. The van der Waals surface area contributed by atoms with Gasteiger partial charge in [0.2, 0.25) is 0 Å². The van der Waals surface area contributed by atoms with Crippen LogP contribution >= 0.6 is 34.5 Å². The minimum absolute atomic E-state index is 0.719. The van der Waals surface area contributed by atoms with Crippen LogP contribution in [0, 0.1) is 0 Å². The summed E-state index contributed by atoms with van der Waals surface area (Å²) >= 11 is 13.6. The van der Waals surface area contributed by atoms with Crippen molar-refractivity contribution in [2.75, 3.05) is 5.01 Å². The number of thiophene rings is 1. The van der Waals surface area contributed by atoms with Crippen molar-refractivity contribution in [1.82, 2.24) is 11.0 Å². The van der Waals surface area contributed by atoms with Gasteiger partial charge in [0.1, 0.15) is 0 Å². The van der Waals surface area contributed by atoms with E-state index in [2.05, 4.69) is 11.0 Å². The standard InChI is InChI=1S/C12H9Cl2N3S/c13-8-1-3-9(4-2-8)17-7-11(15-16-17)12-10(14)5-6-18-12/h1-7,15-16H. The molecule has 0 amide bonds. The van der Waals surface area contributed by atoms with Gasteiger partial charge in [0, 0.05) is 11.2 Å². The topological polar surface area (TPSA) is 27.3 Å². The molecular weight excluding hydrogens is 289 g/mol. The predicted octanol–water partition coefficient (Wildman–Crippen LogP) is 3.88. The van der Waals surface area contributed by atoms with Crippen molar-refractivity contribution in [1.29, 1.82) is 0 Å². The molecule has 2 heterocycles. The molecular formula is C12H9Cl2N3S. The lowest BCUT2D eigenvalue weighted by molar-refractivity contribution is 0.689. The van der Waals surface area contributed by atoms with Gasteiger partial charge < -0.3 is 5.43 Å². The van der Waals surface area contributed by atoms with Crippen LogP contribution in [0.4, 0.5) is 5.69 Å². The fourth-order valence-corrected chi connectivity index (χ4v) is 2.91. The van der Waals surface area contributed by atoms with E-state index in [0.717, 1.165) is 26.3 Å². The fraction of sp³-hybridized carbons (Fsp3) is 0. The molecule has 2 aromatic rings. The lowest BCUT2D eigenvalue weighted by atomic mass is 10.3. The monoisotopic (exact) mass is 297 g/mol. The maximum Gasteiger partial charge on any atom is 0.0871 e. The second-order valence-corrected chi connectivity index (χ2v) is 5.48. The van der Waals surface area contributed by atoms with E-state index in [1.165, 1.54) is 0 Å². The average molecular weight is 298 g/mol. The molecule has 1 aromatic carbocycles. The number of hydrogen-bond donors (Lipinski definition) is 2. The van der Waals surface area contributed by atoms with Crippen molar-refractivity contribution in [2.45, 2.75) is 0 Å². The van der Waals surface area contributed by atoms with Gasteiger partial charge in [-0.2, -0.15) is 0 Å². The summed E-state index contributed by atoms with van der Waals surface area (Å²) in [5.41, 5.74) is 8.09. The summed E-state index contributed by atoms with van der Waals surface area (Å²) in [5.74, 6) is 0. The molecule has 0 saturated carbocycles. The van der Waals surface area contributed by atoms with Crippen LogP contribution in [-0.4, -0.2) is 0 Å². The molecule has 0 aliphatic carbocycles. The minimum atomic E-state index is 0.719. The Kier molecular flexibility index (Phi) is 3.18. The average Bonchev–Trinajstić information content (AvgIpc) is 2.98. The molecule has 1 aliphatic rings. The van der Waals surface area contributed by atoms with E-state index in [4.69, 9.17) is 23.2 Å². The van der Waals surface area contributed by atoms with Crippen molar-refractivity contribution in [3.05, 3.63) is 56.8 Å². The smallest absolute Gasteiger partial charge is 0.0871 e. The second kappa shape index (κ2) is 4.82. The summed E-state index contributed by atoms with van der Waals surface area (Å²) < 4.78 is 0. The first-order valence-electron chi connectivity index (χ1n) is 5.26. The second-order valence-electron chi connectivity index (χ2n) is 3.72. The van der Waals surface area contributed by atoms with Crippen molar-refractivity contribution < 1.29 is 0 Å². The Bertz CT molecular complexity index is 592. The van der Waals surface area contributed by atoms with Crippen LogP contribution in [0.15, 0.2) is 41.9 Å². The van der Waals surface area contributed by atoms with Gasteiger partial charge in [-0.1, -0.05) is 23.2 Å². The zero-order valence-electron chi connectivity index (χ0n) is 9.15. The van der Waals surface area contributed by atoms with Crippen molar-refractivity contribution in [3.63, 3.8) is 0 Å². The Morgan fingerprint density at radius 2 is 1.83 bits per heavy atom. The van der Waals surface area contributed by atoms with E-state index in [9.17, 15) is 0 Å². The van der Waals surface area contributed by atoms with E-state index >= 15 is 0 Å². The molecule has 0 saturated heterocycles. The molecule has 3 rings (SSSR count). The first-order valence-corrected chi connectivity index (χ1v) is 6.89. The largest absolute Gasteiger partial charge is 0.301 e. The zero-order valence-corrected chi connectivity index (χ0v) is 11.5. The quantitative estimate of drug-likeness (QED) is 0.881. The number of benzene rings is 1. The van der Waals surface area contributed by atoms with E-state index in [0.29, 0.717) is 0 Å². The summed E-state index contributed by atoms with van der Waals surface area (Å²) in [6, 6.07) is 9.46. The summed E-state index contributed by atoms with van der Waals surface area (Å²) in [4.78, 5) is 1.01. The highest BCUT2D eigenvalue weighted by molar-refractivity contribution is 7.11. The van der Waals surface area contributed by atoms with E-state index in [1.54, 1.807) is 11.3 Å². The molecule has 0 spiro atoms. The molecule has 18 heavy (non-hydrogen) atoms. The minimum Gasteiger partial charge on any atom is -0.301 e. The van der Waals surface area contributed by atoms with E-state index < -0.39 is 0 Å². The number of rotatable bonds is 2. The molecule has 1 aliphatic heterocycles. The number of hydrazine groups is 2. The van der Waals surface area contributed by atoms with Crippen LogP contribution in [0.1, 0.15) is 4.88 Å². The molecule has 3 nitrogen and oxygen atoms in total.